The van der Waals surface area contributed by atoms with Gasteiger partial charge in [0.15, 0.2) is 6.10 Å². The number of allylic oxidation sites excluding steroid dienone is 4. The smallest absolute Gasteiger partial charge is 0.306 e. The molecular weight excluding hydrogens is 540 g/mol. The number of aliphatic hydroxyl groups excluding tert-OH is 1. The van der Waals surface area contributed by atoms with Crippen molar-refractivity contribution in [2.45, 2.75) is 173 Å². The Balaban J connectivity index is 1.96. The Morgan fingerprint density at radius 2 is 1.16 bits per heavy atom. The van der Waals surface area contributed by atoms with Crippen molar-refractivity contribution in [3.63, 3.8) is 0 Å². The molecule has 0 aromatic carbocycles. The lowest BCUT2D eigenvalue weighted by Crippen LogP contribution is -2.28. The molecule has 6 heteroatoms. The van der Waals surface area contributed by atoms with Crippen LogP contribution in [0.15, 0.2) is 36.5 Å². The maximum atomic E-state index is 12.1. The molecule has 1 aliphatic heterocycles. The van der Waals surface area contributed by atoms with Crippen LogP contribution in [0.25, 0.3) is 0 Å². The third-order valence-electron chi connectivity index (χ3n) is 7.84. The molecule has 0 saturated carbocycles. The van der Waals surface area contributed by atoms with Crippen molar-refractivity contribution in [1.29, 1.82) is 0 Å². The molecule has 248 valence electrons. The van der Waals surface area contributed by atoms with Gasteiger partial charge in [-0.2, -0.15) is 0 Å². The molecule has 1 saturated heterocycles. The molecule has 0 bridgehead atoms. The van der Waals surface area contributed by atoms with Gasteiger partial charge in [0.25, 0.3) is 0 Å². The van der Waals surface area contributed by atoms with Crippen LogP contribution < -0.4 is 0 Å². The number of rotatable bonds is 30. The second kappa shape index (κ2) is 28.8. The topological polar surface area (TPSA) is 85.4 Å². The zero-order chi connectivity index (χ0) is 31.2. The average molecular weight is 605 g/mol. The van der Waals surface area contributed by atoms with E-state index in [9.17, 15) is 14.7 Å². The molecule has 6 nitrogen and oxygen atoms in total. The van der Waals surface area contributed by atoms with E-state index < -0.39 is 6.10 Å². The summed E-state index contributed by atoms with van der Waals surface area (Å²) < 4.78 is 16.2. The van der Waals surface area contributed by atoms with E-state index in [4.69, 9.17) is 14.2 Å². The molecule has 0 aromatic rings. The van der Waals surface area contributed by atoms with Crippen LogP contribution in [0.3, 0.4) is 0 Å². The first-order chi connectivity index (χ1) is 21.1. The van der Waals surface area contributed by atoms with Gasteiger partial charge in [-0.25, -0.2) is 0 Å². The zero-order valence-electron chi connectivity index (χ0n) is 27.7. The van der Waals surface area contributed by atoms with E-state index in [1.165, 1.54) is 77.0 Å². The summed E-state index contributed by atoms with van der Waals surface area (Å²) >= 11 is 0. The van der Waals surface area contributed by atoms with E-state index in [1.807, 2.05) is 0 Å². The first kappa shape index (κ1) is 39.1. The predicted molar refractivity (Wildman–Crippen MR) is 177 cm³/mol. The van der Waals surface area contributed by atoms with Crippen LogP contribution in [0, 0.1) is 0 Å². The third kappa shape index (κ3) is 25.1. The lowest BCUT2D eigenvalue weighted by atomic mass is 10.1. The van der Waals surface area contributed by atoms with Gasteiger partial charge >= 0.3 is 11.9 Å². The number of ether oxygens (including phenoxy) is 3. The minimum atomic E-state index is -0.800. The maximum Gasteiger partial charge on any atom is 0.306 e. The molecule has 0 aliphatic carbocycles. The second-order valence-electron chi connectivity index (χ2n) is 12.0. The molecule has 1 rings (SSSR count). The number of unbranched alkanes of at least 4 members (excludes halogenated alkanes) is 14. The Labute approximate surface area is 263 Å². The Morgan fingerprint density at radius 3 is 1.81 bits per heavy atom. The van der Waals surface area contributed by atoms with Gasteiger partial charge in [-0.3, -0.25) is 9.59 Å². The zero-order valence-corrected chi connectivity index (χ0v) is 27.7. The normalized spacial score (nSPS) is 17.3. The van der Waals surface area contributed by atoms with Crippen molar-refractivity contribution >= 4 is 11.9 Å². The van der Waals surface area contributed by atoms with Crippen LogP contribution in [0.1, 0.15) is 155 Å². The summed E-state index contributed by atoms with van der Waals surface area (Å²) in [7, 11) is 0. The summed E-state index contributed by atoms with van der Waals surface area (Å²) in [6, 6.07) is 0. The van der Waals surface area contributed by atoms with Crippen molar-refractivity contribution in [3.8, 4) is 0 Å². The van der Waals surface area contributed by atoms with Gasteiger partial charge in [-0.05, 0) is 51.4 Å². The number of aliphatic hydroxyl groups is 1. The van der Waals surface area contributed by atoms with Gasteiger partial charge in [0, 0.05) is 12.8 Å². The fraction of sp³-hybridized carbons (Fsp3) is 0.784. The monoisotopic (exact) mass is 604 g/mol. The Morgan fingerprint density at radius 1 is 0.651 bits per heavy atom. The number of carbonyl (C=O) groups is 2. The molecule has 0 amide bonds. The molecule has 43 heavy (non-hydrogen) atoms. The minimum absolute atomic E-state index is 0.0895. The number of esters is 2. The van der Waals surface area contributed by atoms with Crippen LogP contribution >= 0.6 is 0 Å². The number of epoxide rings is 1. The summed E-state index contributed by atoms with van der Waals surface area (Å²) in [4.78, 5) is 24.1. The largest absolute Gasteiger partial charge is 0.462 e. The summed E-state index contributed by atoms with van der Waals surface area (Å²) in [6.45, 7) is 4.03. The lowest BCUT2D eigenvalue weighted by Gasteiger charge is -2.15. The van der Waals surface area contributed by atoms with Crippen LogP contribution in [-0.4, -0.2) is 48.6 Å². The lowest BCUT2D eigenvalue weighted by molar-refractivity contribution is -0.161. The highest BCUT2D eigenvalue weighted by molar-refractivity contribution is 5.70. The highest BCUT2D eigenvalue weighted by Crippen LogP contribution is 2.29. The summed E-state index contributed by atoms with van der Waals surface area (Å²) in [6.07, 6.45) is 36.6. The van der Waals surface area contributed by atoms with Crippen LogP contribution in [0.4, 0.5) is 0 Å². The van der Waals surface area contributed by atoms with E-state index in [0.717, 1.165) is 44.9 Å². The second-order valence-corrected chi connectivity index (χ2v) is 12.0. The average Bonchev–Trinajstić information content (AvgIpc) is 3.76. The Bertz CT molecular complexity index is 758. The van der Waals surface area contributed by atoms with Gasteiger partial charge in [0.2, 0.25) is 0 Å². The maximum absolute atomic E-state index is 12.1. The van der Waals surface area contributed by atoms with E-state index in [0.29, 0.717) is 25.0 Å². The third-order valence-corrected chi connectivity index (χ3v) is 7.84. The number of carbonyl (C=O) groups excluding carboxylic acids is 2. The SMILES string of the molecule is CCCCC/C=C\CC1OC1C/C=C\C/C=C\CCCC(=O)O[C@@H](CO)COC(=O)CCCCCCCCCCCCC. The van der Waals surface area contributed by atoms with Crippen LogP contribution in [0.2, 0.25) is 0 Å². The van der Waals surface area contributed by atoms with Crippen molar-refractivity contribution in [1.82, 2.24) is 0 Å². The van der Waals surface area contributed by atoms with Crippen molar-refractivity contribution in [3.05, 3.63) is 36.5 Å². The minimum Gasteiger partial charge on any atom is -0.462 e. The molecule has 3 atom stereocenters. The molecule has 0 spiro atoms. The Hall–Kier alpha value is -1.92. The Kier molecular flexibility index (Phi) is 26.2. The fourth-order valence-electron chi connectivity index (χ4n) is 5.00. The van der Waals surface area contributed by atoms with Gasteiger partial charge in [-0.15, -0.1) is 0 Å². The highest BCUT2D eigenvalue weighted by atomic mass is 16.6. The van der Waals surface area contributed by atoms with Crippen LogP contribution in [-0.2, 0) is 23.8 Å². The summed E-state index contributed by atoms with van der Waals surface area (Å²) in [5.41, 5.74) is 0. The van der Waals surface area contributed by atoms with Crippen LogP contribution in [0.5, 0.6) is 0 Å². The quantitative estimate of drug-likeness (QED) is 0.0380. The van der Waals surface area contributed by atoms with Crippen molar-refractivity contribution < 1.29 is 28.9 Å². The highest BCUT2D eigenvalue weighted by Gasteiger charge is 2.35. The first-order valence-electron chi connectivity index (χ1n) is 17.7. The summed E-state index contributed by atoms with van der Waals surface area (Å²) in [5.74, 6) is -0.664. The van der Waals surface area contributed by atoms with E-state index in [1.54, 1.807) is 0 Å². The van der Waals surface area contributed by atoms with E-state index >= 15 is 0 Å². The molecule has 1 N–H and O–H groups in total. The van der Waals surface area contributed by atoms with Gasteiger partial charge in [-0.1, -0.05) is 127 Å². The van der Waals surface area contributed by atoms with E-state index in [2.05, 4.69) is 50.3 Å². The molecule has 1 aliphatic rings. The number of hydrogen-bond acceptors (Lipinski definition) is 6. The van der Waals surface area contributed by atoms with E-state index in [-0.39, 0.29) is 31.6 Å². The van der Waals surface area contributed by atoms with Crippen molar-refractivity contribution in [2.75, 3.05) is 13.2 Å². The fourth-order valence-corrected chi connectivity index (χ4v) is 5.00. The molecule has 1 heterocycles. The van der Waals surface area contributed by atoms with Gasteiger partial charge in [0.1, 0.15) is 6.61 Å². The molecule has 0 aromatic heterocycles. The van der Waals surface area contributed by atoms with Gasteiger partial charge < -0.3 is 19.3 Å². The molecule has 0 radical (unpaired) electrons. The molecular formula is C37H64O6. The standard InChI is InChI=1S/C37H64O6/c1-3-5-7-9-11-12-13-14-17-21-25-29-36(39)41-32-33(31-38)42-37(40)30-26-22-18-15-16-20-24-28-35-34(43-35)27-23-19-10-8-6-4-2/h15,18-20,23-24,33-35,38H,3-14,16-17,21-22,25-32H2,1-2H3/b18-15-,23-19-,24-20-/t33-,34?,35?/m0/s1. The first-order valence-corrected chi connectivity index (χ1v) is 17.7. The van der Waals surface area contributed by atoms with Crippen molar-refractivity contribution in [2.24, 2.45) is 0 Å². The number of hydrogen-bond donors (Lipinski definition) is 1. The van der Waals surface area contributed by atoms with Gasteiger partial charge in [0.05, 0.1) is 18.8 Å². The summed E-state index contributed by atoms with van der Waals surface area (Å²) in [5, 5.41) is 9.51. The predicted octanol–water partition coefficient (Wildman–Crippen LogP) is 9.49. The molecule has 2 unspecified atom stereocenters. The molecule has 1 fully saturated rings.